The third kappa shape index (κ3) is 3.60. The quantitative estimate of drug-likeness (QED) is 0.540. The van der Waals surface area contributed by atoms with Crippen LogP contribution in [0.1, 0.15) is 6.42 Å². The minimum Gasteiger partial charge on any atom is -0.302 e. The first kappa shape index (κ1) is 17.8. The maximum Gasteiger partial charge on any atom is 0.328 e. The summed E-state index contributed by atoms with van der Waals surface area (Å²) in [6.45, 7) is 0.142. The molecule has 0 bridgehead atoms. The number of anilines is 1. The van der Waals surface area contributed by atoms with Gasteiger partial charge in [0.15, 0.2) is 5.13 Å². The minimum absolute atomic E-state index is 0.0672. The van der Waals surface area contributed by atoms with Gasteiger partial charge in [-0.2, -0.15) is 0 Å². The fraction of sp³-hybridized carbons (Fsp3) is 0.105. The molecule has 1 aromatic carbocycles. The zero-order valence-electron chi connectivity index (χ0n) is 14.6. The van der Waals surface area contributed by atoms with Crippen molar-refractivity contribution in [2.75, 3.05) is 5.32 Å². The number of rotatable bonds is 5. The number of aromatic nitrogens is 4. The van der Waals surface area contributed by atoms with E-state index in [0.717, 1.165) is 11.3 Å². The van der Waals surface area contributed by atoms with Gasteiger partial charge in [0.05, 0.1) is 16.6 Å². The lowest BCUT2D eigenvalue weighted by Crippen LogP contribution is -2.31. The highest BCUT2D eigenvalue weighted by atomic mass is 32.1. The van der Waals surface area contributed by atoms with Gasteiger partial charge in [-0.05, 0) is 24.3 Å². The number of para-hydroxylation sites is 1. The van der Waals surface area contributed by atoms with E-state index in [-0.39, 0.29) is 18.9 Å². The van der Waals surface area contributed by atoms with Crippen molar-refractivity contribution in [3.63, 3.8) is 0 Å². The molecule has 1 amide bonds. The fourth-order valence-corrected chi connectivity index (χ4v) is 3.57. The number of nitrogens with zero attached hydrogens (tertiary/aromatic N) is 3. The normalized spacial score (nSPS) is 10.9. The molecule has 0 saturated carbocycles. The Bertz CT molecular complexity index is 1260. The first-order valence-electron chi connectivity index (χ1n) is 8.49. The summed E-state index contributed by atoms with van der Waals surface area (Å²) in [6, 6.07) is 10.5. The Morgan fingerprint density at radius 3 is 2.86 bits per heavy atom. The maximum atomic E-state index is 12.3. The summed E-state index contributed by atoms with van der Waals surface area (Å²) in [4.78, 5) is 47.1. The molecule has 3 heterocycles. The third-order valence-electron chi connectivity index (χ3n) is 4.18. The van der Waals surface area contributed by atoms with Crippen LogP contribution in [0.2, 0.25) is 0 Å². The number of hydrogen-bond acceptors (Lipinski definition) is 6. The molecule has 0 fully saturated rings. The van der Waals surface area contributed by atoms with Gasteiger partial charge in [-0.1, -0.05) is 12.1 Å². The van der Waals surface area contributed by atoms with E-state index in [9.17, 15) is 14.4 Å². The molecular formula is C19H15N5O3S. The van der Waals surface area contributed by atoms with E-state index in [1.54, 1.807) is 36.7 Å². The third-order valence-corrected chi connectivity index (χ3v) is 4.93. The van der Waals surface area contributed by atoms with Gasteiger partial charge in [0.25, 0.3) is 5.56 Å². The molecule has 8 nitrogen and oxygen atoms in total. The van der Waals surface area contributed by atoms with Crippen molar-refractivity contribution in [2.24, 2.45) is 0 Å². The van der Waals surface area contributed by atoms with Crippen molar-refractivity contribution in [1.29, 1.82) is 0 Å². The maximum absolute atomic E-state index is 12.3. The second-order valence-electron chi connectivity index (χ2n) is 6.01. The fourth-order valence-electron chi connectivity index (χ4n) is 2.84. The number of hydrogen-bond donors (Lipinski definition) is 2. The molecular weight excluding hydrogens is 378 g/mol. The predicted molar refractivity (Wildman–Crippen MR) is 107 cm³/mol. The standard InChI is InChI=1S/C19H15N5O3S/c25-16(22-18-21-14(11-28-18)12-4-3-8-20-10-12)7-9-24-15-6-2-1-5-13(15)17(26)23-19(24)27/h1-6,8,10-11H,7,9H2,(H,21,22,25)(H,23,26,27). The van der Waals surface area contributed by atoms with Crippen LogP contribution >= 0.6 is 11.3 Å². The van der Waals surface area contributed by atoms with Crippen molar-refractivity contribution in [2.45, 2.75) is 13.0 Å². The summed E-state index contributed by atoms with van der Waals surface area (Å²) < 4.78 is 1.39. The van der Waals surface area contributed by atoms with Crippen molar-refractivity contribution in [3.8, 4) is 11.3 Å². The van der Waals surface area contributed by atoms with Crippen LogP contribution in [0.3, 0.4) is 0 Å². The largest absolute Gasteiger partial charge is 0.328 e. The molecule has 0 spiro atoms. The summed E-state index contributed by atoms with van der Waals surface area (Å²) in [6.07, 6.45) is 3.45. The van der Waals surface area contributed by atoms with Gasteiger partial charge in [0.1, 0.15) is 0 Å². The van der Waals surface area contributed by atoms with E-state index in [4.69, 9.17) is 0 Å². The molecule has 0 aliphatic rings. The number of nitrogens with one attached hydrogen (secondary N) is 2. The molecule has 28 heavy (non-hydrogen) atoms. The molecule has 140 valence electrons. The highest BCUT2D eigenvalue weighted by Gasteiger charge is 2.11. The van der Waals surface area contributed by atoms with E-state index in [1.807, 2.05) is 17.5 Å². The van der Waals surface area contributed by atoms with Crippen LogP contribution < -0.4 is 16.6 Å². The average Bonchev–Trinajstić information content (AvgIpc) is 3.17. The van der Waals surface area contributed by atoms with Crippen LogP contribution in [0.25, 0.3) is 22.2 Å². The van der Waals surface area contributed by atoms with Crippen LogP contribution in [0.4, 0.5) is 5.13 Å². The number of fused-ring (bicyclic) bond motifs is 1. The van der Waals surface area contributed by atoms with Gasteiger partial charge in [-0.25, -0.2) is 9.78 Å². The Kier molecular flexibility index (Phi) is 4.81. The highest BCUT2D eigenvalue weighted by molar-refractivity contribution is 7.14. The van der Waals surface area contributed by atoms with Gasteiger partial charge in [-0.15, -0.1) is 11.3 Å². The van der Waals surface area contributed by atoms with Gasteiger partial charge in [0.2, 0.25) is 5.91 Å². The molecule has 4 rings (SSSR count). The summed E-state index contributed by atoms with van der Waals surface area (Å²) >= 11 is 1.32. The Hall–Kier alpha value is -3.59. The Balaban J connectivity index is 1.47. The number of carbonyl (C=O) groups excluding carboxylic acids is 1. The van der Waals surface area contributed by atoms with Crippen LogP contribution in [0.15, 0.2) is 63.8 Å². The van der Waals surface area contributed by atoms with Crippen LogP contribution in [-0.4, -0.2) is 25.4 Å². The molecule has 0 aliphatic carbocycles. The first-order valence-corrected chi connectivity index (χ1v) is 9.37. The highest BCUT2D eigenvalue weighted by Crippen LogP contribution is 2.24. The monoisotopic (exact) mass is 393 g/mol. The lowest BCUT2D eigenvalue weighted by Gasteiger charge is -2.09. The summed E-state index contributed by atoms with van der Waals surface area (Å²) in [5.74, 6) is -0.269. The molecule has 0 radical (unpaired) electrons. The summed E-state index contributed by atoms with van der Waals surface area (Å²) in [5, 5.41) is 5.46. The lowest BCUT2D eigenvalue weighted by atomic mass is 10.2. The predicted octanol–water partition coefficient (Wildman–Crippen LogP) is 2.24. The van der Waals surface area contributed by atoms with Crippen molar-refractivity contribution < 1.29 is 4.79 Å². The number of H-pyrrole nitrogens is 1. The smallest absolute Gasteiger partial charge is 0.302 e. The number of thiazole rings is 1. The second-order valence-corrected chi connectivity index (χ2v) is 6.86. The Labute approximate surface area is 162 Å². The van der Waals surface area contributed by atoms with Gasteiger partial charge >= 0.3 is 5.69 Å². The van der Waals surface area contributed by atoms with E-state index in [1.165, 1.54) is 15.9 Å². The number of aryl methyl sites for hydroxylation is 1. The number of aromatic amines is 1. The molecule has 3 aromatic heterocycles. The topological polar surface area (TPSA) is 110 Å². The van der Waals surface area contributed by atoms with E-state index in [2.05, 4.69) is 20.3 Å². The van der Waals surface area contributed by atoms with Crippen LogP contribution in [0.5, 0.6) is 0 Å². The number of carbonyl (C=O) groups is 1. The van der Waals surface area contributed by atoms with E-state index >= 15 is 0 Å². The molecule has 0 unspecified atom stereocenters. The van der Waals surface area contributed by atoms with Crippen molar-refractivity contribution in [1.82, 2.24) is 19.5 Å². The molecule has 9 heteroatoms. The SMILES string of the molecule is O=C(CCn1c(=O)[nH]c(=O)c2ccccc21)Nc1nc(-c2cccnc2)cs1. The van der Waals surface area contributed by atoms with Crippen molar-refractivity contribution >= 4 is 33.3 Å². The zero-order valence-corrected chi connectivity index (χ0v) is 15.4. The van der Waals surface area contributed by atoms with Gasteiger partial charge in [0, 0.05) is 36.3 Å². The average molecular weight is 393 g/mol. The lowest BCUT2D eigenvalue weighted by molar-refractivity contribution is -0.116. The molecule has 0 atom stereocenters. The summed E-state index contributed by atoms with van der Waals surface area (Å²) in [7, 11) is 0. The minimum atomic E-state index is -0.537. The number of pyridine rings is 1. The molecule has 0 aliphatic heterocycles. The van der Waals surface area contributed by atoms with Gasteiger partial charge in [-0.3, -0.25) is 24.1 Å². The number of amides is 1. The van der Waals surface area contributed by atoms with Crippen molar-refractivity contribution in [3.05, 3.63) is 75.0 Å². The second kappa shape index (κ2) is 7.57. The number of benzene rings is 1. The van der Waals surface area contributed by atoms with E-state index < -0.39 is 11.2 Å². The molecule has 0 saturated heterocycles. The molecule has 4 aromatic rings. The Morgan fingerprint density at radius 2 is 2.04 bits per heavy atom. The van der Waals surface area contributed by atoms with Crippen LogP contribution in [-0.2, 0) is 11.3 Å². The van der Waals surface area contributed by atoms with Crippen LogP contribution in [0, 0.1) is 0 Å². The first-order chi connectivity index (χ1) is 13.6. The van der Waals surface area contributed by atoms with E-state index in [0.29, 0.717) is 16.0 Å². The summed E-state index contributed by atoms with van der Waals surface area (Å²) in [5.41, 5.74) is 1.12. The Morgan fingerprint density at radius 1 is 1.18 bits per heavy atom. The van der Waals surface area contributed by atoms with Gasteiger partial charge < -0.3 is 5.32 Å². The zero-order chi connectivity index (χ0) is 19.5. The molecule has 2 N–H and O–H groups in total.